The van der Waals surface area contributed by atoms with Crippen LogP contribution in [0, 0.1) is 0 Å². The van der Waals surface area contributed by atoms with Crippen molar-refractivity contribution in [3.8, 4) is 28.3 Å². The Bertz CT molecular complexity index is 1120. The highest BCUT2D eigenvalue weighted by Gasteiger charge is 2.19. The molecule has 0 aliphatic heterocycles. The quantitative estimate of drug-likeness (QED) is 0.390. The standard InChI is InChI=1S/C22H21BrN4O/c1-4-28-20-11-19-16(10-18(20)23)22(25-13-24-19)17-12-27(14(2)3)26-21(17)15-8-6-5-7-9-15/h5-14H,4H2,1-3H3. The molecular weight excluding hydrogens is 416 g/mol. The number of fused-ring (bicyclic) bond motifs is 1. The maximum atomic E-state index is 5.70. The van der Waals surface area contributed by atoms with Gasteiger partial charge in [-0.2, -0.15) is 5.10 Å². The number of halogens is 1. The van der Waals surface area contributed by atoms with Crippen LogP contribution >= 0.6 is 15.9 Å². The summed E-state index contributed by atoms with van der Waals surface area (Å²) in [6.07, 6.45) is 3.67. The molecule has 0 unspecified atom stereocenters. The smallest absolute Gasteiger partial charge is 0.135 e. The molecule has 6 heteroatoms. The number of benzene rings is 2. The highest BCUT2D eigenvalue weighted by atomic mass is 79.9. The van der Waals surface area contributed by atoms with E-state index in [1.54, 1.807) is 6.33 Å². The molecule has 4 rings (SSSR count). The molecule has 0 saturated heterocycles. The Morgan fingerprint density at radius 3 is 2.57 bits per heavy atom. The minimum absolute atomic E-state index is 0.251. The zero-order valence-corrected chi connectivity index (χ0v) is 17.6. The monoisotopic (exact) mass is 436 g/mol. The van der Waals surface area contributed by atoms with Crippen LogP contribution in [0.5, 0.6) is 5.75 Å². The van der Waals surface area contributed by atoms with Gasteiger partial charge in [0, 0.05) is 34.8 Å². The molecule has 0 fully saturated rings. The van der Waals surface area contributed by atoms with Gasteiger partial charge in [-0.1, -0.05) is 30.3 Å². The van der Waals surface area contributed by atoms with Crippen molar-refractivity contribution in [3.63, 3.8) is 0 Å². The van der Waals surface area contributed by atoms with E-state index in [0.717, 1.165) is 43.6 Å². The van der Waals surface area contributed by atoms with Crippen molar-refractivity contribution in [2.45, 2.75) is 26.8 Å². The van der Waals surface area contributed by atoms with E-state index in [1.807, 2.05) is 41.9 Å². The zero-order chi connectivity index (χ0) is 19.7. The van der Waals surface area contributed by atoms with Crippen molar-refractivity contribution >= 4 is 26.8 Å². The van der Waals surface area contributed by atoms with E-state index in [2.05, 4.69) is 58.1 Å². The van der Waals surface area contributed by atoms with E-state index >= 15 is 0 Å². The van der Waals surface area contributed by atoms with Crippen molar-refractivity contribution in [1.82, 2.24) is 19.7 Å². The molecule has 0 aliphatic rings. The number of nitrogens with zero attached hydrogens (tertiary/aromatic N) is 4. The lowest BCUT2D eigenvalue weighted by Crippen LogP contribution is -2.00. The number of hydrogen-bond donors (Lipinski definition) is 0. The van der Waals surface area contributed by atoms with Crippen LogP contribution in [0.15, 0.2) is 59.5 Å². The molecule has 0 amide bonds. The Morgan fingerprint density at radius 1 is 1.07 bits per heavy atom. The summed E-state index contributed by atoms with van der Waals surface area (Å²) in [5.74, 6) is 0.779. The van der Waals surface area contributed by atoms with Crippen LogP contribution in [-0.4, -0.2) is 26.4 Å². The average Bonchev–Trinajstić information content (AvgIpc) is 3.15. The molecule has 2 aromatic carbocycles. The van der Waals surface area contributed by atoms with Crippen LogP contribution in [-0.2, 0) is 0 Å². The SMILES string of the molecule is CCOc1cc2ncnc(-c3cn(C(C)C)nc3-c3ccccc3)c2cc1Br. The summed E-state index contributed by atoms with van der Waals surface area (Å²) in [5.41, 5.74) is 4.67. The predicted molar refractivity (Wildman–Crippen MR) is 115 cm³/mol. The summed E-state index contributed by atoms with van der Waals surface area (Å²) in [6.45, 7) is 6.80. The molecule has 2 aromatic heterocycles. The molecule has 0 N–H and O–H groups in total. The number of rotatable bonds is 5. The van der Waals surface area contributed by atoms with Gasteiger partial charge in [-0.05, 0) is 42.8 Å². The molecular formula is C22H21BrN4O. The highest BCUT2D eigenvalue weighted by molar-refractivity contribution is 9.10. The average molecular weight is 437 g/mol. The Morgan fingerprint density at radius 2 is 1.86 bits per heavy atom. The van der Waals surface area contributed by atoms with Crippen molar-refractivity contribution < 1.29 is 4.74 Å². The highest BCUT2D eigenvalue weighted by Crippen LogP contribution is 2.37. The van der Waals surface area contributed by atoms with Gasteiger partial charge in [0.25, 0.3) is 0 Å². The largest absolute Gasteiger partial charge is 0.493 e. The number of ether oxygens (including phenoxy) is 1. The van der Waals surface area contributed by atoms with Crippen LogP contribution in [0.25, 0.3) is 33.4 Å². The van der Waals surface area contributed by atoms with E-state index in [9.17, 15) is 0 Å². The summed E-state index contributed by atoms with van der Waals surface area (Å²) in [6, 6.07) is 14.4. The molecule has 5 nitrogen and oxygen atoms in total. The van der Waals surface area contributed by atoms with E-state index in [4.69, 9.17) is 9.84 Å². The predicted octanol–water partition coefficient (Wildman–Crippen LogP) is 5.90. The lowest BCUT2D eigenvalue weighted by Gasteiger charge is -2.10. The second-order valence-corrected chi connectivity index (χ2v) is 7.64. The first-order valence-corrected chi connectivity index (χ1v) is 10.1. The van der Waals surface area contributed by atoms with Crippen LogP contribution < -0.4 is 4.74 Å². The second-order valence-electron chi connectivity index (χ2n) is 6.79. The number of aromatic nitrogens is 4. The first-order chi connectivity index (χ1) is 13.6. The van der Waals surface area contributed by atoms with Crippen molar-refractivity contribution in [1.29, 1.82) is 0 Å². The Balaban J connectivity index is 1.96. The first kappa shape index (κ1) is 18.6. The topological polar surface area (TPSA) is 52.8 Å². The fourth-order valence-electron chi connectivity index (χ4n) is 3.18. The van der Waals surface area contributed by atoms with Crippen LogP contribution in [0.2, 0.25) is 0 Å². The van der Waals surface area contributed by atoms with Gasteiger partial charge < -0.3 is 4.74 Å². The minimum Gasteiger partial charge on any atom is -0.493 e. The van der Waals surface area contributed by atoms with Crippen molar-refractivity contribution in [2.24, 2.45) is 0 Å². The zero-order valence-electron chi connectivity index (χ0n) is 16.1. The van der Waals surface area contributed by atoms with Gasteiger partial charge in [0.05, 0.1) is 22.3 Å². The summed E-state index contributed by atoms with van der Waals surface area (Å²) in [5, 5.41) is 5.81. The van der Waals surface area contributed by atoms with Crippen molar-refractivity contribution in [2.75, 3.05) is 6.61 Å². The molecule has 4 aromatic rings. The molecule has 0 atom stereocenters. The lowest BCUT2D eigenvalue weighted by atomic mass is 10.0. The van der Waals surface area contributed by atoms with E-state index in [0.29, 0.717) is 6.61 Å². The fraction of sp³-hybridized carbons (Fsp3) is 0.227. The van der Waals surface area contributed by atoms with E-state index in [-0.39, 0.29) is 6.04 Å². The summed E-state index contributed by atoms with van der Waals surface area (Å²) < 4.78 is 8.56. The Hall–Kier alpha value is -2.73. The lowest BCUT2D eigenvalue weighted by molar-refractivity contribution is 0.338. The first-order valence-electron chi connectivity index (χ1n) is 9.30. The molecule has 0 spiro atoms. The molecule has 0 aliphatic carbocycles. The Labute approximate surface area is 172 Å². The van der Waals surface area contributed by atoms with Gasteiger partial charge in [0.2, 0.25) is 0 Å². The minimum atomic E-state index is 0.251. The van der Waals surface area contributed by atoms with Gasteiger partial charge in [-0.25, -0.2) is 9.97 Å². The Kier molecular flexibility index (Phi) is 5.13. The summed E-state index contributed by atoms with van der Waals surface area (Å²) >= 11 is 3.62. The third-order valence-corrected chi connectivity index (χ3v) is 5.17. The molecule has 142 valence electrons. The van der Waals surface area contributed by atoms with Gasteiger partial charge >= 0.3 is 0 Å². The van der Waals surface area contributed by atoms with E-state index < -0.39 is 0 Å². The van der Waals surface area contributed by atoms with E-state index in [1.165, 1.54) is 0 Å². The number of hydrogen-bond acceptors (Lipinski definition) is 4. The normalized spacial score (nSPS) is 11.3. The van der Waals surface area contributed by atoms with Gasteiger partial charge in [-0.15, -0.1) is 0 Å². The summed E-state index contributed by atoms with van der Waals surface area (Å²) in [4.78, 5) is 9.08. The molecule has 28 heavy (non-hydrogen) atoms. The molecule has 0 bridgehead atoms. The van der Waals surface area contributed by atoms with Gasteiger partial charge in [0.1, 0.15) is 17.8 Å². The van der Waals surface area contributed by atoms with Crippen LogP contribution in [0.4, 0.5) is 0 Å². The maximum absolute atomic E-state index is 5.70. The molecule has 0 radical (unpaired) electrons. The fourth-order valence-corrected chi connectivity index (χ4v) is 3.63. The third kappa shape index (κ3) is 3.40. The van der Waals surface area contributed by atoms with Gasteiger partial charge in [-0.3, -0.25) is 4.68 Å². The molecule has 0 saturated carbocycles. The van der Waals surface area contributed by atoms with Crippen molar-refractivity contribution in [3.05, 3.63) is 59.5 Å². The maximum Gasteiger partial charge on any atom is 0.135 e. The molecule has 2 heterocycles. The summed E-state index contributed by atoms with van der Waals surface area (Å²) in [7, 11) is 0. The van der Waals surface area contributed by atoms with Crippen LogP contribution in [0.1, 0.15) is 26.8 Å². The van der Waals surface area contributed by atoms with Crippen LogP contribution in [0.3, 0.4) is 0 Å². The second kappa shape index (κ2) is 7.72. The third-order valence-electron chi connectivity index (χ3n) is 4.55. The van der Waals surface area contributed by atoms with Gasteiger partial charge in [0.15, 0.2) is 0 Å².